The Kier molecular flexibility index (Phi) is 4.87. The lowest BCUT2D eigenvalue weighted by molar-refractivity contribution is 0.0511. The average molecular weight is 263 g/mol. The second-order valence-electron chi connectivity index (χ2n) is 5.11. The van der Waals surface area contributed by atoms with Crippen molar-refractivity contribution in [2.24, 2.45) is 5.41 Å². The summed E-state index contributed by atoms with van der Waals surface area (Å²) >= 11 is 0. The molecular weight excluding hydrogens is 242 g/mol. The lowest BCUT2D eigenvalue weighted by Crippen LogP contribution is -2.47. The first kappa shape index (κ1) is 14.0. The lowest BCUT2D eigenvalue weighted by atomic mass is 9.79. The van der Waals surface area contributed by atoms with E-state index in [-0.39, 0.29) is 11.3 Å². The third kappa shape index (κ3) is 3.75. The Hall–Kier alpha value is -1.46. The molecular formula is C14H21N3O2. The summed E-state index contributed by atoms with van der Waals surface area (Å²) in [5, 5.41) is 6.35. The van der Waals surface area contributed by atoms with Crippen molar-refractivity contribution in [3.8, 4) is 0 Å². The van der Waals surface area contributed by atoms with Crippen LogP contribution in [0.25, 0.3) is 0 Å². The summed E-state index contributed by atoms with van der Waals surface area (Å²) in [6.07, 6.45) is 5.29. The predicted molar refractivity (Wildman–Crippen MR) is 73.0 cm³/mol. The van der Waals surface area contributed by atoms with Gasteiger partial charge in [-0.15, -0.1) is 0 Å². The first-order chi connectivity index (χ1) is 9.26. The van der Waals surface area contributed by atoms with Crippen molar-refractivity contribution in [1.29, 1.82) is 0 Å². The molecule has 0 saturated carbocycles. The summed E-state index contributed by atoms with van der Waals surface area (Å²) in [5.41, 5.74) is 0.654. The van der Waals surface area contributed by atoms with Crippen LogP contribution in [0.4, 0.5) is 0 Å². The number of carbonyl (C=O) groups is 1. The fraction of sp³-hybridized carbons (Fsp3) is 0.571. The molecule has 1 fully saturated rings. The van der Waals surface area contributed by atoms with E-state index in [9.17, 15) is 4.79 Å². The minimum atomic E-state index is -0.0675. The zero-order valence-corrected chi connectivity index (χ0v) is 11.3. The second-order valence-corrected chi connectivity index (χ2v) is 5.11. The van der Waals surface area contributed by atoms with E-state index in [0.717, 1.165) is 25.9 Å². The fourth-order valence-electron chi connectivity index (χ4n) is 2.50. The van der Waals surface area contributed by atoms with Gasteiger partial charge in [-0.25, -0.2) is 0 Å². The summed E-state index contributed by atoms with van der Waals surface area (Å²) in [4.78, 5) is 16.0. The van der Waals surface area contributed by atoms with Crippen molar-refractivity contribution < 1.29 is 9.53 Å². The summed E-state index contributed by atoms with van der Waals surface area (Å²) in [6.45, 7) is 3.29. The smallest absolute Gasteiger partial charge is 0.252 e. The largest absolute Gasteiger partial charge is 0.384 e. The van der Waals surface area contributed by atoms with Gasteiger partial charge in [0.1, 0.15) is 0 Å². The summed E-state index contributed by atoms with van der Waals surface area (Å²) in [6, 6.07) is 3.54. The molecule has 0 atom stereocenters. The molecule has 2 heterocycles. The molecule has 0 aromatic carbocycles. The third-order valence-corrected chi connectivity index (χ3v) is 3.66. The van der Waals surface area contributed by atoms with Crippen LogP contribution in [-0.2, 0) is 4.74 Å². The minimum absolute atomic E-state index is 0.0534. The van der Waals surface area contributed by atoms with Gasteiger partial charge in [-0.1, -0.05) is 0 Å². The molecule has 0 unspecified atom stereocenters. The molecule has 0 aliphatic carbocycles. The van der Waals surface area contributed by atoms with E-state index in [1.165, 1.54) is 0 Å². The zero-order valence-electron chi connectivity index (χ0n) is 11.3. The number of ether oxygens (including phenoxy) is 1. The molecule has 1 aromatic rings. The van der Waals surface area contributed by atoms with Gasteiger partial charge in [0.25, 0.3) is 5.91 Å². The maximum atomic E-state index is 12.0. The van der Waals surface area contributed by atoms with Gasteiger partial charge in [0.2, 0.25) is 0 Å². The Morgan fingerprint density at radius 3 is 2.95 bits per heavy atom. The van der Waals surface area contributed by atoms with Crippen LogP contribution in [0, 0.1) is 5.41 Å². The molecule has 104 valence electrons. The van der Waals surface area contributed by atoms with Crippen molar-refractivity contribution in [2.75, 3.05) is 33.4 Å². The summed E-state index contributed by atoms with van der Waals surface area (Å²) in [5.74, 6) is -0.0675. The molecule has 5 nitrogen and oxygen atoms in total. The van der Waals surface area contributed by atoms with Gasteiger partial charge >= 0.3 is 0 Å². The van der Waals surface area contributed by atoms with Crippen LogP contribution < -0.4 is 10.6 Å². The molecule has 2 N–H and O–H groups in total. The highest BCUT2D eigenvalue weighted by Crippen LogP contribution is 2.28. The quantitative estimate of drug-likeness (QED) is 0.826. The minimum Gasteiger partial charge on any atom is -0.384 e. The molecule has 5 heteroatoms. The highest BCUT2D eigenvalue weighted by atomic mass is 16.5. The first-order valence-corrected chi connectivity index (χ1v) is 6.64. The average Bonchev–Trinajstić information content (AvgIpc) is 2.47. The maximum Gasteiger partial charge on any atom is 0.252 e. The monoisotopic (exact) mass is 263 g/mol. The standard InChI is InChI=1S/C14H21N3O2/c1-19-11-14(4-7-15-8-5-14)10-17-13(18)12-3-2-6-16-9-12/h2-3,6,9,15H,4-5,7-8,10-11H2,1H3,(H,17,18). The number of nitrogens with zero attached hydrogens (tertiary/aromatic N) is 1. The Bertz CT molecular complexity index is 397. The van der Waals surface area contributed by atoms with Crippen LogP contribution in [0.2, 0.25) is 0 Å². The number of methoxy groups -OCH3 is 1. The van der Waals surface area contributed by atoms with Gasteiger partial charge in [0.05, 0.1) is 12.2 Å². The van der Waals surface area contributed by atoms with Crippen molar-refractivity contribution in [3.63, 3.8) is 0 Å². The number of aromatic nitrogens is 1. The highest BCUT2D eigenvalue weighted by Gasteiger charge is 2.32. The number of carbonyl (C=O) groups excluding carboxylic acids is 1. The molecule has 19 heavy (non-hydrogen) atoms. The van der Waals surface area contributed by atoms with Gasteiger partial charge in [-0.2, -0.15) is 0 Å². The first-order valence-electron chi connectivity index (χ1n) is 6.64. The van der Waals surface area contributed by atoms with Crippen molar-refractivity contribution in [3.05, 3.63) is 30.1 Å². The maximum absolute atomic E-state index is 12.0. The SMILES string of the molecule is COCC1(CNC(=O)c2cccnc2)CCNCC1. The van der Waals surface area contributed by atoms with E-state index < -0.39 is 0 Å². The Morgan fingerprint density at radius 1 is 1.53 bits per heavy atom. The van der Waals surface area contributed by atoms with Gasteiger partial charge in [0, 0.05) is 31.5 Å². The molecule has 2 rings (SSSR count). The van der Waals surface area contributed by atoms with Crippen LogP contribution in [0.15, 0.2) is 24.5 Å². The van der Waals surface area contributed by atoms with Crippen molar-refractivity contribution >= 4 is 5.91 Å². The molecule has 0 bridgehead atoms. The summed E-state index contributed by atoms with van der Waals surface area (Å²) < 4.78 is 5.33. The van der Waals surface area contributed by atoms with E-state index in [1.807, 2.05) is 0 Å². The van der Waals surface area contributed by atoms with Crippen LogP contribution in [0.5, 0.6) is 0 Å². The summed E-state index contributed by atoms with van der Waals surface area (Å²) in [7, 11) is 1.72. The van der Waals surface area contributed by atoms with Crippen molar-refractivity contribution in [1.82, 2.24) is 15.6 Å². The van der Waals surface area contributed by atoms with Gasteiger partial charge < -0.3 is 15.4 Å². The van der Waals surface area contributed by atoms with E-state index >= 15 is 0 Å². The molecule has 1 saturated heterocycles. The van der Waals surface area contributed by atoms with Gasteiger partial charge in [0.15, 0.2) is 0 Å². The highest BCUT2D eigenvalue weighted by molar-refractivity contribution is 5.93. The lowest BCUT2D eigenvalue weighted by Gasteiger charge is -2.37. The molecule has 1 aromatic heterocycles. The Labute approximate surface area is 113 Å². The molecule has 1 aliphatic rings. The molecule has 1 amide bonds. The number of hydrogen-bond acceptors (Lipinski definition) is 4. The number of piperidine rings is 1. The molecule has 0 spiro atoms. The fourth-order valence-corrected chi connectivity index (χ4v) is 2.50. The van der Waals surface area contributed by atoms with Crippen LogP contribution in [-0.4, -0.2) is 44.2 Å². The predicted octanol–water partition coefficient (Wildman–Crippen LogP) is 0.828. The van der Waals surface area contributed by atoms with Crippen LogP contribution >= 0.6 is 0 Å². The second kappa shape index (κ2) is 6.63. The topological polar surface area (TPSA) is 63.2 Å². The third-order valence-electron chi connectivity index (χ3n) is 3.66. The normalized spacial score (nSPS) is 17.9. The van der Waals surface area contributed by atoms with Crippen LogP contribution in [0.3, 0.4) is 0 Å². The van der Waals surface area contributed by atoms with E-state index in [4.69, 9.17) is 4.74 Å². The van der Waals surface area contributed by atoms with E-state index in [0.29, 0.717) is 18.7 Å². The number of amides is 1. The molecule has 1 aliphatic heterocycles. The Balaban J connectivity index is 1.93. The van der Waals surface area contributed by atoms with E-state index in [2.05, 4.69) is 15.6 Å². The zero-order chi connectivity index (χ0) is 13.6. The van der Waals surface area contributed by atoms with Gasteiger partial charge in [-0.05, 0) is 38.1 Å². The molecule has 0 radical (unpaired) electrons. The number of pyridine rings is 1. The van der Waals surface area contributed by atoms with Crippen molar-refractivity contribution in [2.45, 2.75) is 12.8 Å². The Morgan fingerprint density at radius 2 is 2.32 bits per heavy atom. The van der Waals surface area contributed by atoms with Crippen LogP contribution in [0.1, 0.15) is 23.2 Å². The number of nitrogens with one attached hydrogen (secondary N) is 2. The number of hydrogen-bond donors (Lipinski definition) is 2. The van der Waals surface area contributed by atoms with E-state index in [1.54, 1.807) is 31.6 Å². The number of rotatable bonds is 5. The van der Waals surface area contributed by atoms with Gasteiger partial charge in [-0.3, -0.25) is 9.78 Å².